The Hall–Kier alpha value is -1.19. The van der Waals surface area contributed by atoms with Crippen molar-refractivity contribution in [2.45, 2.75) is 35.5 Å². The van der Waals surface area contributed by atoms with Gasteiger partial charge in [0.15, 0.2) is 5.78 Å². The second-order valence-corrected chi connectivity index (χ2v) is 7.36. The predicted molar refractivity (Wildman–Crippen MR) is 88.0 cm³/mol. The molecule has 3 heteroatoms. The normalized spacial score (nSPS) is 11.4. The van der Waals surface area contributed by atoms with Gasteiger partial charge < -0.3 is 0 Å². The summed E-state index contributed by atoms with van der Waals surface area (Å²) in [5.74, 6) is 0.175. The summed E-state index contributed by atoms with van der Waals surface area (Å²) in [6, 6.07) is 15.8. The van der Waals surface area contributed by atoms with Crippen molar-refractivity contribution >= 4 is 30.2 Å². The number of benzene rings is 2. The fourth-order valence-electron chi connectivity index (χ4n) is 1.76. The molecule has 2 aromatic carbocycles. The predicted octanol–water partition coefficient (Wildman–Crippen LogP) is 5.36. The monoisotopic (exact) mass is 302 g/mol. The SMILES string of the molecule is CC(C)(C)C(=O)c1ccc(Sc2ccc(S)cc2)cc1. The van der Waals surface area contributed by atoms with E-state index in [1.807, 2.05) is 69.3 Å². The molecule has 0 aliphatic rings. The number of carbonyl (C=O) groups is 1. The molecule has 0 amide bonds. The Morgan fingerprint density at radius 3 is 1.80 bits per heavy atom. The summed E-state index contributed by atoms with van der Waals surface area (Å²) in [5, 5.41) is 0. The van der Waals surface area contributed by atoms with Gasteiger partial charge in [0.1, 0.15) is 0 Å². The standard InChI is InChI=1S/C17H18OS2/c1-17(2,3)16(18)12-4-8-14(9-5-12)20-15-10-6-13(19)7-11-15/h4-11,19H,1-3H3. The van der Waals surface area contributed by atoms with Crippen molar-refractivity contribution in [1.82, 2.24) is 0 Å². The number of hydrogen-bond acceptors (Lipinski definition) is 3. The molecule has 0 unspecified atom stereocenters. The van der Waals surface area contributed by atoms with Gasteiger partial charge in [0.05, 0.1) is 0 Å². The zero-order valence-corrected chi connectivity index (χ0v) is 13.6. The van der Waals surface area contributed by atoms with E-state index < -0.39 is 0 Å². The third-order valence-corrected chi connectivity index (χ3v) is 4.18. The van der Waals surface area contributed by atoms with Crippen LogP contribution in [0, 0.1) is 5.41 Å². The highest BCUT2D eigenvalue weighted by atomic mass is 32.2. The fourth-order valence-corrected chi connectivity index (χ4v) is 2.72. The molecule has 0 aliphatic carbocycles. The number of carbonyl (C=O) groups excluding carboxylic acids is 1. The quantitative estimate of drug-likeness (QED) is 0.607. The lowest BCUT2D eigenvalue weighted by Gasteiger charge is -2.16. The lowest BCUT2D eigenvalue weighted by atomic mass is 9.87. The van der Waals surface area contributed by atoms with Crippen molar-refractivity contribution < 1.29 is 4.79 Å². The minimum absolute atomic E-state index is 0.175. The molecule has 0 aliphatic heterocycles. The third-order valence-electron chi connectivity index (χ3n) is 2.87. The Morgan fingerprint density at radius 2 is 1.35 bits per heavy atom. The molecule has 0 spiro atoms. The summed E-state index contributed by atoms with van der Waals surface area (Å²) in [5.41, 5.74) is 0.435. The highest BCUT2D eigenvalue weighted by Gasteiger charge is 2.22. The third kappa shape index (κ3) is 3.90. The minimum atomic E-state index is -0.336. The van der Waals surface area contributed by atoms with Gasteiger partial charge in [-0.15, -0.1) is 12.6 Å². The summed E-state index contributed by atoms with van der Waals surface area (Å²) < 4.78 is 0. The average Bonchev–Trinajstić information content (AvgIpc) is 2.40. The maximum absolute atomic E-state index is 12.2. The zero-order chi connectivity index (χ0) is 14.8. The van der Waals surface area contributed by atoms with Gasteiger partial charge in [-0.25, -0.2) is 0 Å². The van der Waals surface area contributed by atoms with Gasteiger partial charge in [-0.05, 0) is 36.4 Å². The second kappa shape index (κ2) is 6.06. The Labute approximate surface area is 130 Å². The summed E-state index contributed by atoms with van der Waals surface area (Å²) in [6.45, 7) is 5.82. The number of hydrogen-bond donors (Lipinski definition) is 1. The van der Waals surface area contributed by atoms with Crippen molar-refractivity contribution in [3.05, 3.63) is 54.1 Å². The minimum Gasteiger partial charge on any atom is -0.294 e. The van der Waals surface area contributed by atoms with Crippen LogP contribution in [-0.4, -0.2) is 5.78 Å². The van der Waals surface area contributed by atoms with Crippen molar-refractivity contribution in [2.24, 2.45) is 5.41 Å². The molecule has 0 bridgehead atoms. The highest BCUT2D eigenvalue weighted by Crippen LogP contribution is 2.29. The van der Waals surface area contributed by atoms with Crippen LogP contribution in [0.3, 0.4) is 0 Å². The van der Waals surface area contributed by atoms with Crippen LogP contribution >= 0.6 is 24.4 Å². The summed E-state index contributed by atoms with van der Waals surface area (Å²) >= 11 is 5.95. The van der Waals surface area contributed by atoms with Crippen LogP contribution in [0.25, 0.3) is 0 Å². The van der Waals surface area contributed by atoms with Crippen molar-refractivity contribution in [2.75, 3.05) is 0 Å². The molecule has 0 heterocycles. The molecule has 104 valence electrons. The van der Waals surface area contributed by atoms with Crippen LogP contribution in [0.4, 0.5) is 0 Å². The van der Waals surface area contributed by atoms with E-state index in [1.54, 1.807) is 11.8 Å². The molecular formula is C17H18OS2. The Morgan fingerprint density at radius 1 is 0.900 bits per heavy atom. The van der Waals surface area contributed by atoms with Crippen LogP contribution in [-0.2, 0) is 0 Å². The lowest BCUT2D eigenvalue weighted by molar-refractivity contribution is 0.0858. The topological polar surface area (TPSA) is 17.1 Å². The molecule has 0 saturated heterocycles. The Kier molecular flexibility index (Phi) is 4.61. The van der Waals surface area contributed by atoms with Gasteiger partial charge in [-0.2, -0.15) is 0 Å². The van der Waals surface area contributed by atoms with E-state index in [2.05, 4.69) is 12.6 Å². The fraction of sp³-hybridized carbons (Fsp3) is 0.235. The van der Waals surface area contributed by atoms with Crippen LogP contribution in [0.5, 0.6) is 0 Å². The van der Waals surface area contributed by atoms with Crippen molar-refractivity contribution in [3.63, 3.8) is 0 Å². The molecule has 2 rings (SSSR count). The molecule has 20 heavy (non-hydrogen) atoms. The molecule has 0 atom stereocenters. The van der Waals surface area contributed by atoms with E-state index >= 15 is 0 Å². The smallest absolute Gasteiger partial charge is 0.168 e. The first-order valence-corrected chi connectivity index (χ1v) is 7.74. The molecular weight excluding hydrogens is 284 g/mol. The number of Topliss-reactive ketones (excluding diaryl/α,β-unsaturated/α-hetero) is 1. The average molecular weight is 302 g/mol. The Balaban J connectivity index is 2.12. The Bertz CT molecular complexity index is 592. The molecule has 0 aromatic heterocycles. The van der Waals surface area contributed by atoms with Crippen LogP contribution < -0.4 is 0 Å². The van der Waals surface area contributed by atoms with Gasteiger partial charge >= 0.3 is 0 Å². The van der Waals surface area contributed by atoms with Gasteiger partial charge in [-0.1, -0.05) is 44.7 Å². The van der Waals surface area contributed by atoms with E-state index in [4.69, 9.17) is 0 Å². The first-order chi connectivity index (χ1) is 9.36. The number of thiol groups is 1. The van der Waals surface area contributed by atoms with E-state index in [-0.39, 0.29) is 11.2 Å². The van der Waals surface area contributed by atoms with E-state index in [0.717, 1.165) is 20.2 Å². The summed E-state index contributed by atoms with van der Waals surface area (Å²) in [4.78, 5) is 15.4. The lowest BCUT2D eigenvalue weighted by Crippen LogP contribution is -2.19. The summed E-state index contributed by atoms with van der Waals surface area (Å²) in [7, 11) is 0. The van der Waals surface area contributed by atoms with Crippen molar-refractivity contribution in [1.29, 1.82) is 0 Å². The molecule has 0 N–H and O–H groups in total. The maximum atomic E-state index is 12.2. The highest BCUT2D eigenvalue weighted by molar-refractivity contribution is 7.99. The van der Waals surface area contributed by atoms with Gasteiger partial charge in [-0.3, -0.25) is 4.79 Å². The first kappa shape index (κ1) is 15.2. The van der Waals surface area contributed by atoms with Crippen LogP contribution in [0.1, 0.15) is 31.1 Å². The van der Waals surface area contributed by atoms with Crippen LogP contribution in [0.2, 0.25) is 0 Å². The van der Waals surface area contributed by atoms with Gasteiger partial charge in [0.25, 0.3) is 0 Å². The molecule has 1 nitrogen and oxygen atoms in total. The van der Waals surface area contributed by atoms with E-state index in [9.17, 15) is 4.79 Å². The van der Waals surface area contributed by atoms with E-state index in [1.165, 1.54) is 0 Å². The summed E-state index contributed by atoms with van der Waals surface area (Å²) in [6.07, 6.45) is 0. The molecule has 0 fully saturated rings. The number of rotatable bonds is 3. The first-order valence-electron chi connectivity index (χ1n) is 6.48. The maximum Gasteiger partial charge on any atom is 0.168 e. The molecule has 2 aromatic rings. The number of ketones is 1. The van der Waals surface area contributed by atoms with E-state index in [0.29, 0.717) is 0 Å². The van der Waals surface area contributed by atoms with Crippen molar-refractivity contribution in [3.8, 4) is 0 Å². The van der Waals surface area contributed by atoms with Gasteiger partial charge in [0.2, 0.25) is 0 Å². The molecule has 0 saturated carbocycles. The van der Waals surface area contributed by atoms with Gasteiger partial charge in [0, 0.05) is 25.7 Å². The molecule has 0 radical (unpaired) electrons. The zero-order valence-electron chi connectivity index (χ0n) is 11.9. The van der Waals surface area contributed by atoms with Crippen LogP contribution in [0.15, 0.2) is 63.2 Å². The second-order valence-electron chi connectivity index (χ2n) is 5.70. The largest absolute Gasteiger partial charge is 0.294 e.